The first-order valence-corrected chi connectivity index (χ1v) is 9.00. The third-order valence-electron chi connectivity index (χ3n) is 3.47. The van der Waals surface area contributed by atoms with E-state index in [-0.39, 0.29) is 11.4 Å². The zero-order chi connectivity index (χ0) is 16.5. The molecule has 0 spiro atoms. The van der Waals surface area contributed by atoms with Crippen LogP contribution in [0, 0.1) is 5.82 Å². The highest BCUT2D eigenvalue weighted by Crippen LogP contribution is 2.32. The average Bonchev–Trinajstić information content (AvgIpc) is 3.22. The standard InChI is InChI=1S/C17H11FN2O2S2/c18-11-4-1-3-10(7-11)8-24-17-19-15(21)14-12(9-23-16(14)20-17)13-5-2-6-22-13/h1-7,9H,8H2,(H,19,20,21). The predicted octanol–water partition coefficient (Wildman–Crippen LogP) is 4.68. The van der Waals surface area contributed by atoms with Crippen molar-refractivity contribution < 1.29 is 8.81 Å². The molecule has 3 heterocycles. The number of H-pyrrole nitrogens is 1. The van der Waals surface area contributed by atoms with Crippen LogP contribution >= 0.6 is 23.1 Å². The minimum atomic E-state index is -0.272. The molecule has 4 aromatic rings. The third-order valence-corrected chi connectivity index (χ3v) is 5.29. The summed E-state index contributed by atoms with van der Waals surface area (Å²) < 4.78 is 18.6. The molecule has 0 aliphatic carbocycles. The number of hydrogen-bond donors (Lipinski definition) is 1. The first-order chi connectivity index (χ1) is 11.7. The van der Waals surface area contributed by atoms with Crippen LogP contribution in [0.25, 0.3) is 21.5 Å². The van der Waals surface area contributed by atoms with Crippen molar-refractivity contribution >= 4 is 33.3 Å². The van der Waals surface area contributed by atoms with Crippen LogP contribution in [0.1, 0.15) is 5.56 Å². The van der Waals surface area contributed by atoms with Crippen LogP contribution in [-0.4, -0.2) is 9.97 Å². The lowest BCUT2D eigenvalue weighted by Gasteiger charge is -2.02. The topological polar surface area (TPSA) is 58.9 Å². The molecule has 0 aliphatic heterocycles. The molecule has 1 N–H and O–H groups in total. The quantitative estimate of drug-likeness (QED) is 0.425. The molecule has 120 valence electrons. The number of fused-ring (bicyclic) bond motifs is 1. The second-order valence-electron chi connectivity index (χ2n) is 5.10. The molecule has 0 fully saturated rings. The average molecular weight is 358 g/mol. The maximum absolute atomic E-state index is 13.2. The summed E-state index contributed by atoms with van der Waals surface area (Å²) in [7, 11) is 0. The van der Waals surface area contributed by atoms with Crippen molar-refractivity contribution in [1.82, 2.24) is 9.97 Å². The molecule has 3 aromatic heterocycles. The number of furan rings is 1. The summed E-state index contributed by atoms with van der Waals surface area (Å²) in [5.41, 5.74) is 1.38. The van der Waals surface area contributed by atoms with Gasteiger partial charge in [-0.2, -0.15) is 0 Å². The molecule has 0 radical (unpaired) electrons. The largest absolute Gasteiger partial charge is 0.464 e. The smallest absolute Gasteiger partial charge is 0.261 e. The highest BCUT2D eigenvalue weighted by molar-refractivity contribution is 7.98. The molecule has 0 saturated heterocycles. The van der Waals surface area contributed by atoms with Gasteiger partial charge in [-0.3, -0.25) is 4.79 Å². The van der Waals surface area contributed by atoms with Gasteiger partial charge >= 0.3 is 0 Å². The van der Waals surface area contributed by atoms with E-state index >= 15 is 0 Å². The summed E-state index contributed by atoms with van der Waals surface area (Å²) in [5.74, 6) is 0.905. The van der Waals surface area contributed by atoms with E-state index in [0.29, 0.717) is 26.9 Å². The third kappa shape index (κ3) is 2.88. The van der Waals surface area contributed by atoms with Crippen molar-refractivity contribution in [1.29, 1.82) is 0 Å². The zero-order valence-electron chi connectivity index (χ0n) is 12.3. The van der Waals surface area contributed by atoms with Gasteiger partial charge in [-0.05, 0) is 29.8 Å². The predicted molar refractivity (Wildman–Crippen MR) is 93.9 cm³/mol. The number of aromatic amines is 1. The van der Waals surface area contributed by atoms with E-state index in [9.17, 15) is 9.18 Å². The Morgan fingerprint density at radius 1 is 1.29 bits per heavy atom. The van der Waals surface area contributed by atoms with Gasteiger partial charge in [0.2, 0.25) is 0 Å². The summed E-state index contributed by atoms with van der Waals surface area (Å²) in [5, 5.41) is 2.92. The van der Waals surface area contributed by atoms with Gasteiger partial charge in [0.05, 0.1) is 11.6 Å². The fraction of sp³-hybridized carbons (Fsp3) is 0.0588. The van der Waals surface area contributed by atoms with Gasteiger partial charge in [-0.1, -0.05) is 23.9 Å². The van der Waals surface area contributed by atoms with E-state index < -0.39 is 0 Å². The monoisotopic (exact) mass is 358 g/mol. The molecule has 7 heteroatoms. The Kier molecular flexibility index (Phi) is 3.95. The van der Waals surface area contributed by atoms with Crippen molar-refractivity contribution in [2.24, 2.45) is 0 Å². The number of nitrogens with one attached hydrogen (secondary N) is 1. The molecule has 24 heavy (non-hydrogen) atoms. The van der Waals surface area contributed by atoms with Gasteiger partial charge < -0.3 is 9.40 Å². The Balaban J connectivity index is 1.65. The van der Waals surface area contributed by atoms with Crippen LogP contribution in [0.15, 0.2) is 62.4 Å². The van der Waals surface area contributed by atoms with E-state index in [1.807, 2.05) is 17.5 Å². The van der Waals surface area contributed by atoms with Crippen LogP contribution in [0.4, 0.5) is 4.39 Å². The number of benzene rings is 1. The first-order valence-electron chi connectivity index (χ1n) is 7.13. The lowest BCUT2D eigenvalue weighted by atomic mass is 10.2. The summed E-state index contributed by atoms with van der Waals surface area (Å²) in [6.45, 7) is 0. The van der Waals surface area contributed by atoms with Gasteiger partial charge in [-0.25, -0.2) is 9.37 Å². The maximum Gasteiger partial charge on any atom is 0.261 e. The number of thiophene rings is 1. The van der Waals surface area contributed by atoms with Crippen molar-refractivity contribution in [3.8, 4) is 11.3 Å². The maximum atomic E-state index is 13.2. The highest BCUT2D eigenvalue weighted by atomic mass is 32.2. The Hall–Kier alpha value is -2.38. The van der Waals surface area contributed by atoms with Crippen LogP contribution in [0.3, 0.4) is 0 Å². The number of thioether (sulfide) groups is 1. The Morgan fingerprint density at radius 2 is 2.21 bits per heavy atom. The van der Waals surface area contributed by atoms with E-state index in [0.717, 1.165) is 11.1 Å². The van der Waals surface area contributed by atoms with Crippen LogP contribution in [0.5, 0.6) is 0 Å². The molecule has 0 bridgehead atoms. The van der Waals surface area contributed by atoms with E-state index in [4.69, 9.17) is 4.42 Å². The summed E-state index contributed by atoms with van der Waals surface area (Å²) in [4.78, 5) is 20.4. The molecular formula is C17H11FN2O2S2. The van der Waals surface area contributed by atoms with Gasteiger partial charge in [0, 0.05) is 16.7 Å². The first kappa shape index (κ1) is 15.2. The Morgan fingerprint density at radius 3 is 3.00 bits per heavy atom. The van der Waals surface area contributed by atoms with E-state index in [1.165, 1.54) is 35.2 Å². The number of nitrogens with zero attached hydrogens (tertiary/aromatic N) is 1. The van der Waals surface area contributed by atoms with Crippen LogP contribution < -0.4 is 5.56 Å². The molecule has 0 unspecified atom stereocenters. The molecule has 4 nitrogen and oxygen atoms in total. The second kappa shape index (κ2) is 6.26. The summed E-state index contributed by atoms with van der Waals surface area (Å²) in [6, 6.07) is 9.98. The minimum absolute atomic E-state index is 0.200. The molecule has 4 rings (SSSR count). The molecular weight excluding hydrogens is 347 g/mol. The molecule has 0 aliphatic rings. The zero-order valence-corrected chi connectivity index (χ0v) is 13.9. The van der Waals surface area contributed by atoms with Crippen molar-refractivity contribution in [3.63, 3.8) is 0 Å². The SMILES string of the molecule is O=c1[nH]c(SCc2cccc(F)c2)nc2scc(-c3ccco3)c12. The summed E-state index contributed by atoms with van der Waals surface area (Å²) in [6.07, 6.45) is 1.57. The van der Waals surface area contributed by atoms with Crippen LogP contribution in [-0.2, 0) is 5.75 Å². The number of aromatic nitrogens is 2. The molecule has 0 saturated carbocycles. The fourth-order valence-corrected chi connectivity index (χ4v) is 4.18. The highest BCUT2D eigenvalue weighted by Gasteiger charge is 2.14. The van der Waals surface area contributed by atoms with Crippen molar-refractivity contribution in [2.45, 2.75) is 10.9 Å². The van der Waals surface area contributed by atoms with Crippen molar-refractivity contribution in [3.05, 3.63) is 69.8 Å². The van der Waals surface area contributed by atoms with Gasteiger partial charge in [-0.15, -0.1) is 11.3 Å². The minimum Gasteiger partial charge on any atom is -0.464 e. The number of rotatable bonds is 4. The van der Waals surface area contributed by atoms with E-state index in [1.54, 1.807) is 18.4 Å². The fourth-order valence-electron chi connectivity index (χ4n) is 2.39. The van der Waals surface area contributed by atoms with Gasteiger partial charge in [0.1, 0.15) is 16.4 Å². The lowest BCUT2D eigenvalue weighted by molar-refractivity contribution is 0.583. The summed E-state index contributed by atoms with van der Waals surface area (Å²) >= 11 is 2.77. The van der Waals surface area contributed by atoms with Crippen molar-refractivity contribution in [2.75, 3.05) is 0 Å². The molecule has 0 amide bonds. The van der Waals surface area contributed by atoms with Gasteiger partial charge in [0.25, 0.3) is 5.56 Å². The van der Waals surface area contributed by atoms with E-state index in [2.05, 4.69) is 9.97 Å². The molecule has 0 atom stereocenters. The van der Waals surface area contributed by atoms with Gasteiger partial charge in [0.15, 0.2) is 5.16 Å². The number of hydrogen-bond acceptors (Lipinski definition) is 5. The number of halogens is 1. The van der Waals surface area contributed by atoms with Crippen LogP contribution in [0.2, 0.25) is 0 Å². The lowest BCUT2D eigenvalue weighted by Crippen LogP contribution is -2.08. The molecule has 1 aromatic carbocycles. The second-order valence-corrected chi connectivity index (χ2v) is 6.92. The Labute approximate surface area is 144 Å². The Bertz CT molecular complexity index is 1050. The normalized spacial score (nSPS) is 11.2.